The first-order chi connectivity index (χ1) is 48.6. The van der Waals surface area contributed by atoms with Gasteiger partial charge in [0.15, 0.2) is 12.2 Å². The van der Waals surface area contributed by atoms with Gasteiger partial charge in [-0.1, -0.05) is 381 Å². The first kappa shape index (κ1) is 98.1. The Morgan fingerprint density at radius 3 is 0.710 bits per heavy atom. The van der Waals surface area contributed by atoms with Crippen LogP contribution in [0.2, 0.25) is 0 Å². The average Bonchev–Trinajstić information content (AvgIpc) is 1.08. The molecular weight excluding hydrogens is 1310 g/mol. The van der Waals surface area contributed by atoms with Crippen molar-refractivity contribution in [2.24, 2.45) is 5.92 Å². The van der Waals surface area contributed by atoms with E-state index in [1.807, 2.05) is 0 Å². The van der Waals surface area contributed by atoms with Crippen LogP contribution in [-0.2, 0) is 65.4 Å². The molecule has 17 nitrogen and oxygen atoms in total. The Hall–Kier alpha value is -1.94. The zero-order chi connectivity index (χ0) is 73.4. The van der Waals surface area contributed by atoms with Gasteiger partial charge in [0.25, 0.3) is 0 Å². The predicted molar refractivity (Wildman–Crippen MR) is 409 cm³/mol. The number of aliphatic hydroxyl groups excluding tert-OH is 1. The fourth-order valence-electron chi connectivity index (χ4n) is 12.6. The first-order valence-electron chi connectivity index (χ1n) is 42.2. The number of esters is 4. The van der Waals surface area contributed by atoms with Crippen molar-refractivity contribution in [1.29, 1.82) is 0 Å². The number of phosphoric acid groups is 2. The Kier molecular flexibility index (Phi) is 72.5. The second-order valence-electron chi connectivity index (χ2n) is 29.4. The third kappa shape index (κ3) is 73.0. The minimum Gasteiger partial charge on any atom is -0.462 e. The summed E-state index contributed by atoms with van der Waals surface area (Å²) in [6, 6.07) is 0. The average molecular weight is 1470 g/mol. The minimum atomic E-state index is -4.96. The zero-order valence-electron chi connectivity index (χ0n) is 65.3. The van der Waals surface area contributed by atoms with Gasteiger partial charge in [-0.3, -0.25) is 37.3 Å². The molecule has 0 bridgehead atoms. The van der Waals surface area contributed by atoms with Gasteiger partial charge >= 0.3 is 39.5 Å². The standard InChI is InChI=1S/C81H158O17P2/c1-6-10-13-16-19-22-25-27-29-30-32-36-40-45-50-55-60-65-79(84)92-71-77(98-81(86)67-62-57-52-47-42-38-34-33-35-39-43-48-53-58-63-74(5)9-4)73-96-100(89,90)94-69-75(82)68-93-99(87,88)95-72-76(70-91-78(83)64-59-54-49-44-24-21-18-15-12-8-3)97-80(85)66-61-56-51-46-41-37-31-28-26-23-20-17-14-11-7-2/h74-77,82H,6-73H2,1-5H3,(H,87,88)(H,89,90)/t74?,75-,76+,77+/m0/s1. The van der Waals surface area contributed by atoms with E-state index in [0.29, 0.717) is 25.7 Å². The van der Waals surface area contributed by atoms with E-state index < -0.39 is 97.5 Å². The van der Waals surface area contributed by atoms with Gasteiger partial charge < -0.3 is 33.8 Å². The second-order valence-corrected chi connectivity index (χ2v) is 32.3. The van der Waals surface area contributed by atoms with Gasteiger partial charge in [0.05, 0.1) is 26.4 Å². The summed E-state index contributed by atoms with van der Waals surface area (Å²) >= 11 is 0. The van der Waals surface area contributed by atoms with E-state index in [2.05, 4.69) is 34.6 Å². The number of hydrogen-bond acceptors (Lipinski definition) is 15. The maximum absolute atomic E-state index is 13.1. The van der Waals surface area contributed by atoms with Crippen molar-refractivity contribution < 1.29 is 80.2 Å². The van der Waals surface area contributed by atoms with Crippen LogP contribution in [-0.4, -0.2) is 96.7 Å². The molecule has 0 aliphatic heterocycles. The largest absolute Gasteiger partial charge is 0.472 e. The summed E-state index contributed by atoms with van der Waals surface area (Å²) in [5.41, 5.74) is 0. The maximum Gasteiger partial charge on any atom is 0.472 e. The molecule has 0 heterocycles. The zero-order valence-corrected chi connectivity index (χ0v) is 67.1. The number of rotatable bonds is 81. The van der Waals surface area contributed by atoms with E-state index in [1.165, 1.54) is 257 Å². The van der Waals surface area contributed by atoms with E-state index in [1.54, 1.807) is 0 Å². The van der Waals surface area contributed by atoms with Crippen molar-refractivity contribution in [3.63, 3.8) is 0 Å². The highest BCUT2D eigenvalue weighted by Crippen LogP contribution is 2.45. The van der Waals surface area contributed by atoms with Crippen LogP contribution in [0.3, 0.4) is 0 Å². The number of carbonyl (C=O) groups is 4. The van der Waals surface area contributed by atoms with E-state index >= 15 is 0 Å². The molecule has 0 aromatic heterocycles. The number of phosphoric ester groups is 2. The minimum absolute atomic E-state index is 0.109. The molecule has 0 aromatic rings. The lowest BCUT2D eigenvalue weighted by Crippen LogP contribution is -2.30. The number of carbonyl (C=O) groups excluding carboxylic acids is 4. The molecule has 0 rings (SSSR count). The molecule has 0 amide bonds. The number of hydrogen-bond donors (Lipinski definition) is 3. The lowest BCUT2D eigenvalue weighted by Gasteiger charge is -2.21. The molecule has 0 saturated heterocycles. The highest BCUT2D eigenvalue weighted by Gasteiger charge is 2.30. The normalized spacial score (nSPS) is 14.1. The molecule has 6 atom stereocenters. The summed E-state index contributed by atoms with van der Waals surface area (Å²) in [7, 11) is -9.92. The highest BCUT2D eigenvalue weighted by molar-refractivity contribution is 7.47. The summed E-state index contributed by atoms with van der Waals surface area (Å²) in [5.74, 6) is -1.26. The fraction of sp³-hybridized carbons (Fsp3) is 0.951. The van der Waals surface area contributed by atoms with Gasteiger partial charge in [0.1, 0.15) is 19.3 Å². The van der Waals surface area contributed by atoms with E-state index in [-0.39, 0.29) is 25.7 Å². The predicted octanol–water partition coefficient (Wildman–Crippen LogP) is 24.4. The molecule has 3 N–H and O–H groups in total. The monoisotopic (exact) mass is 1470 g/mol. The van der Waals surface area contributed by atoms with Crippen LogP contribution in [0.5, 0.6) is 0 Å². The Morgan fingerprint density at radius 1 is 0.280 bits per heavy atom. The Bertz CT molecular complexity index is 1910. The SMILES string of the molecule is CCCCCCCCCCCCCCCCCCCC(=O)OC[C@H](COP(=O)(O)OC[C@@H](O)COP(=O)(O)OC[C@@H](COC(=O)CCCCCCCCCCCC)OC(=O)CCCCCCCCCCCCCCCCC)OC(=O)CCCCCCCCCCCCCCCCC(C)CC. The van der Waals surface area contributed by atoms with Gasteiger partial charge in [-0.2, -0.15) is 0 Å². The lowest BCUT2D eigenvalue weighted by atomic mass is 9.99. The molecule has 0 saturated carbocycles. The van der Waals surface area contributed by atoms with Crippen molar-refractivity contribution in [3.05, 3.63) is 0 Å². The van der Waals surface area contributed by atoms with Crippen LogP contribution in [0.15, 0.2) is 0 Å². The Morgan fingerprint density at radius 2 is 0.480 bits per heavy atom. The molecule has 0 aliphatic rings. The number of unbranched alkanes of at least 4 members (excludes halogenated alkanes) is 52. The molecule has 0 spiro atoms. The molecule has 0 aliphatic carbocycles. The highest BCUT2D eigenvalue weighted by atomic mass is 31.2. The molecule has 594 valence electrons. The van der Waals surface area contributed by atoms with Crippen LogP contribution < -0.4 is 0 Å². The van der Waals surface area contributed by atoms with Crippen LogP contribution in [0, 0.1) is 5.92 Å². The molecule has 0 radical (unpaired) electrons. The van der Waals surface area contributed by atoms with Crippen LogP contribution >= 0.6 is 15.6 Å². The van der Waals surface area contributed by atoms with Gasteiger partial charge in [0, 0.05) is 25.7 Å². The van der Waals surface area contributed by atoms with E-state index in [0.717, 1.165) is 95.8 Å². The molecular formula is C81H158O17P2. The smallest absolute Gasteiger partial charge is 0.462 e. The topological polar surface area (TPSA) is 237 Å². The number of aliphatic hydroxyl groups is 1. The van der Waals surface area contributed by atoms with Crippen molar-refractivity contribution in [1.82, 2.24) is 0 Å². The quantitative estimate of drug-likeness (QED) is 0.0222. The van der Waals surface area contributed by atoms with Gasteiger partial charge in [0.2, 0.25) is 0 Å². The van der Waals surface area contributed by atoms with Crippen LogP contribution in [0.1, 0.15) is 433 Å². The Labute approximate surface area is 613 Å². The summed E-state index contributed by atoms with van der Waals surface area (Å²) in [6.45, 7) is 7.39. The van der Waals surface area contributed by atoms with Crippen molar-refractivity contribution in [2.45, 2.75) is 451 Å². The van der Waals surface area contributed by atoms with Crippen molar-refractivity contribution >= 4 is 39.5 Å². The first-order valence-corrected chi connectivity index (χ1v) is 45.2. The maximum atomic E-state index is 13.1. The van der Waals surface area contributed by atoms with Crippen LogP contribution in [0.4, 0.5) is 0 Å². The molecule has 100 heavy (non-hydrogen) atoms. The third-order valence-corrected chi connectivity index (χ3v) is 21.3. The third-order valence-electron chi connectivity index (χ3n) is 19.4. The second kappa shape index (κ2) is 73.9. The van der Waals surface area contributed by atoms with Gasteiger partial charge in [-0.05, 0) is 31.6 Å². The molecule has 19 heteroatoms. The summed E-state index contributed by atoms with van der Waals surface area (Å²) in [5, 5.41) is 10.6. The molecule has 3 unspecified atom stereocenters. The van der Waals surface area contributed by atoms with E-state index in [9.17, 15) is 43.2 Å². The molecule has 0 fully saturated rings. The van der Waals surface area contributed by atoms with Crippen molar-refractivity contribution in [2.75, 3.05) is 39.6 Å². The molecule has 0 aromatic carbocycles. The summed E-state index contributed by atoms with van der Waals surface area (Å²) < 4.78 is 68.7. The fourth-order valence-corrected chi connectivity index (χ4v) is 14.1. The van der Waals surface area contributed by atoms with Crippen LogP contribution in [0.25, 0.3) is 0 Å². The summed E-state index contributed by atoms with van der Waals surface area (Å²) in [4.78, 5) is 73.0. The van der Waals surface area contributed by atoms with Crippen molar-refractivity contribution in [3.8, 4) is 0 Å². The number of ether oxygens (including phenoxy) is 4. The van der Waals surface area contributed by atoms with Gasteiger partial charge in [-0.25, -0.2) is 9.13 Å². The van der Waals surface area contributed by atoms with Gasteiger partial charge in [-0.15, -0.1) is 0 Å². The summed E-state index contributed by atoms with van der Waals surface area (Å²) in [6.07, 6.45) is 65.0. The van der Waals surface area contributed by atoms with E-state index in [4.69, 9.17) is 37.0 Å². The lowest BCUT2D eigenvalue weighted by molar-refractivity contribution is -0.161. The Balaban J connectivity index is 5.24.